The van der Waals surface area contributed by atoms with E-state index in [1.54, 1.807) is 41.6 Å². The molecule has 4 aromatic carbocycles. The molecule has 2 amide bonds. The number of carbonyl (C=O) groups is 4. The summed E-state index contributed by atoms with van der Waals surface area (Å²) < 4.78 is 30.2. The van der Waals surface area contributed by atoms with Crippen LogP contribution in [-0.2, 0) is 19.2 Å². The molecule has 14 N–H and O–H groups in total. The maximum absolute atomic E-state index is 15.1. The minimum atomic E-state index is -1.15. The maximum atomic E-state index is 15.1. The number of aromatic nitrogens is 16. The fourth-order valence-electron chi connectivity index (χ4n) is 18.9. The van der Waals surface area contributed by atoms with E-state index < -0.39 is 17.0 Å². The normalized spacial score (nSPS) is 17.4. The van der Waals surface area contributed by atoms with Gasteiger partial charge in [-0.05, 0) is 301 Å². The summed E-state index contributed by atoms with van der Waals surface area (Å²) in [4.78, 5) is 92.1. The van der Waals surface area contributed by atoms with Gasteiger partial charge in [0.15, 0.2) is 46.5 Å². The van der Waals surface area contributed by atoms with Crippen LogP contribution in [0.25, 0.3) is 0 Å². The van der Waals surface area contributed by atoms with Gasteiger partial charge in [0.2, 0.25) is 23.8 Å². The Hall–Kier alpha value is -12.4. The highest BCUT2D eigenvalue weighted by Crippen LogP contribution is 2.47. The highest BCUT2D eigenvalue weighted by molar-refractivity contribution is 6.34. The number of nitrogens with one attached hydrogen (secondary N) is 12. The number of nitrogens with zero attached hydrogens (tertiary/aromatic N) is 16. The Bertz CT molecular complexity index is 6400. The molecular weight excluding hydrogens is 1890 g/mol. The summed E-state index contributed by atoms with van der Waals surface area (Å²) in [5.74, 6) is 7.15. The van der Waals surface area contributed by atoms with E-state index in [9.17, 15) is 29.4 Å². The number of rotatable bonds is 30. The number of piperidine rings is 4. The number of Topliss-reactive ketones (excluding diaryl/α,β-unsaturated/α-hetero) is 2. The highest BCUT2D eigenvalue weighted by Gasteiger charge is 2.53. The molecule has 8 fully saturated rings. The first-order chi connectivity index (χ1) is 68.2. The molecule has 12 aromatic rings. The van der Waals surface area contributed by atoms with E-state index in [4.69, 9.17) is 46.4 Å². The zero-order valence-electron chi connectivity index (χ0n) is 81.5. The summed E-state index contributed by atoms with van der Waals surface area (Å²) in [5, 5.41) is 75.8. The quantitative estimate of drug-likeness (QED) is 0.0199. The van der Waals surface area contributed by atoms with Crippen LogP contribution in [0, 0.1) is 67.0 Å². The molecule has 8 aliphatic rings. The van der Waals surface area contributed by atoms with Crippen LogP contribution in [0.1, 0.15) is 250 Å². The van der Waals surface area contributed by atoms with E-state index in [0.29, 0.717) is 179 Å². The van der Waals surface area contributed by atoms with Gasteiger partial charge < -0.3 is 62.5 Å². The number of anilines is 16. The SMILES string of the molecule is CCC(=O)CN1CCC(c2cc(C)c(Nc3ncc(Cl)c(Nc4cc(C5CC5)[nH]n4)n3)cc2C)CC1.CCC(=O)CN1CCC(c2cc(F)c(Nc3ncc(Cl)c(Nc4cc(C5CC5)[nH]n4)n3)cc2C)CC1.Cc1cc(Nc2nc(Nc3cc(C)c(C4CCCCN4C(=O)C4(O)CC4)cc3C)ncc2Cl)n[nH]1.Cc1cc(Nc2nc(Nc3cc(C)c(C4CCN(C(=O)C5(O)CC5)CC4)cc3F)ncc2Cl)n[nH]1. The van der Waals surface area contributed by atoms with E-state index in [1.807, 2.05) is 77.6 Å². The third kappa shape index (κ3) is 25.2. The van der Waals surface area contributed by atoms with Crippen molar-refractivity contribution in [2.24, 2.45) is 0 Å². The number of carbonyl (C=O) groups excluding carboxylic acids is 4. The van der Waals surface area contributed by atoms with Gasteiger partial charge in [-0.3, -0.25) is 49.4 Å². The monoisotopic (exact) mass is 2010 g/mol. The molecule has 0 spiro atoms. The van der Waals surface area contributed by atoms with Crippen LogP contribution in [-0.4, -0.2) is 204 Å². The summed E-state index contributed by atoms with van der Waals surface area (Å²) >= 11 is 25.2. The van der Waals surface area contributed by atoms with Gasteiger partial charge in [0, 0.05) is 103 Å². The molecule has 4 aliphatic heterocycles. The number of benzene rings is 4. The summed E-state index contributed by atoms with van der Waals surface area (Å²) in [7, 11) is 0. The van der Waals surface area contributed by atoms with Crippen LogP contribution >= 0.6 is 46.4 Å². The van der Waals surface area contributed by atoms with Crippen molar-refractivity contribution in [1.82, 2.24) is 100 Å². The van der Waals surface area contributed by atoms with E-state index >= 15 is 8.78 Å². The maximum Gasteiger partial charge on any atom is 0.255 e. The minimum absolute atomic E-state index is 0.0199. The minimum Gasteiger partial charge on any atom is -0.380 e. The van der Waals surface area contributed by atoms with Crippen LogP contribution in [0.15, 0.2) is 97.6 Å². The number of likely N-dealkylation sites (tertiary alicyclic amines) is 4. The Labute approximate surface area is 843 Å². The highest BCUT2D eigenvalue weighted by atomic mass is 35.5. The molecule has 40 heteroatoms. The van der Waals surface area contributed by atoms with Crippen LogP contribution in [0.3, 0.4) is 0 Å². The van der Waals surface area contributed by atoms with Crippen molar-refractivity contribution in [2.75, 3.05) is 101 Å². The molecule has 0 radical (unpaired) electrons. The molecule has 20 rings (SSSR count). The van der Waals surface area contributed by atoms with Gasteiger partial charge >= 0.3 is 0 Å². The van der Waals surface area contributed by atoms with Crippen molar-refractivity contribution in [1.29, 1.82) is 0 Å². The van der Waals surface area contributed by atoms with Gasteiger partial charge in [0.05, 0.1) is 55.3 Å². The molecule has 34 nitrogen and oxygen atoms in total. The molecule has 8 aromatic heterocycles. The van der Waals surface area contributed by atoms with Crippen molar-refractivity contribution >= 4 is 163 Å². The summed E-state index contributed by atoms with van der Waals surface area (Å²) in [6.07, 6.45) is 22.6. The number of amides is 2. The summed E-state index contributed by atoms with van der Waals surface area (Å²) in [5.41, 5.74) is 15.1. The molecule has 142 heavy (non-hydrogen) atoms. The predicted octanol–water partition coefficient (Wildman–Crippen LogP) is 21.0. The van der Waals surface area contributed by atoms with Gasteiger partial charge in [-0.15, -0.1) is 0 Å². The average Bonchev–Trinajstić information content (AvgIpc) is 1.62. The number of halogens is 6. The zero-order chi connectivity index (χ0) is 100.0. The summed E-state index contributed by atoms with van der Waals surface area (Å²) in [6, 6.07) is 23.0. The molecule has 4 aliphatic carbocycles. The predicted molar refractivity (Wildman–Crippen MR) is 549 cm³/mol. The number of H-pyrrole nitrogens is 4. The zero-order valence-corrected chi connectivity index (χ0v) is 84.5. The third-order valence-corrected chi connectivity index (χ3v) is 28.9. The Balaban J connectivity index is 0.000000130. The molecule has 748 valence electrons. The fourth-order valence-corrected chi connectivity index (χ4v) is 19.4. The van der Waals surface area contributed by atoms with Gasteiger partial charge in [-0.1, -0.05) is 72.4 Å². The fraction of sp³-hybridized carbons (Fsp3) is 0.451. The van der Waals surface area contributed by atoms with Gasteiger partial charge in [-0.25, -0.2) is 28.7 Å². The second-order valence-electron chi connectivity index (χ2n) is 38.8. The number of aromatic amines is 4. The van der Waals surface area contributed by atoms with Crippen molar-refractivity contribution < 1.29 is 38.2 Å². The summed E-state index contributed by atoms with van der Waals surface area (Å²) in [6.45, 7) is 26.5. The van der Waals surface area contributed by atoms with Crippen molar-refractivity contribution in [3.8, 4) is 0 Å². The van der Waals surface area contributed by atoms with E-state index in [2.05, 4.69) is 178 Å². The third-order valence-electron chi connectivity index (χ3n) is 27.8. The Morgan fingerprint density at radius 1 is 0.373 bits per heavy atom. The average molecular weight is 2020 g/mol. The molecule has 1 unspecified atom stereocenters. The number of aryl methyl sites for hydroxylation is 8. The molecule has 4 saturated heterocycles. The van der Waals surface area contributed by atoms with Crippen LogP contribution in [0.5, 0.6) is 0 Å². The second kappa shape index (κ2) is 44.2. The Morgan fingerprint density at radius 3 is 1.06 bits per heavy atom. The van der Waals surface area contributed by atoms with Crippen molar-refractivity contribution in [3.63, 3.8) is 0 Å². The lowest BCUT2D eigenvalue weighted by molar-refractivity contribution is -0.146. The Kier molecular flexibility index (Phi) is 31.5. The number of hydrogen-bond acceptors (Lipinski definition) is 28. The van der Waals surface area contributed by atoms with Gasteiger partial charge in [-0.2, -0.15) is 40.3 Å². The van der Waals surface area contributed by atoms with E-state index in [-0.39, 0.29) is 58.9 Å². The molecular formula is C102H122Cl4F2N28O6. The first kappa shape index (κ1) is 101. The molecule has 0 bridgehead atoms. The first-order valence-electron chi connectivity index (χ1n) is 49.0. The van der Waals surface area contributed by atoms with Crippen molar-refractivity contribution in [3.05, 3.63) is 208 Å². The van der Waals surface area contributed by atoms with Gasteiger partial charge in [0.1, 0.15) is 54.5 Å². The van der Waals surface area contributed by atoms with Crippen LogP contribution in [0.4, 0.5) is 102 Å². The lowest BCUT2D eigenvalue weighted by Gasteiger charge is -2.38. The standard InChI is InChI=1S/C27H34ClN7O.C26H31ClFN7O.C25H30ClN7O2.C24H27ClFN7O2/c1-4-20(36)15-35-9-7-18(8-10-35)21-11-17(3)23(12-16(21)2)30-27-29-14-22(28)26(32-27)31-25-13-24(33-34-25)19-5-6-19;1-3-18(36)14-35-8-6-16(7-9-35)19-11-21(28)23(10-15(19)2)30-26-29-13-20(27)25(32-26)31-24-12-22(33-34-24)17-4-5-17;1-14-11-19(28-24-27-13-18(26)22(30-24)29-21-12-16(3)31-32-21)15(2)10-17(14)20-6-4-5-9-33(20)23(34)25(35)7-8-25;1-13-9-19(28-23-27-12-17(25)21(30-23)29-20-10-14(2)31-32-20)18(26)11-16(13)15-3-7-33(8-4-15)22(34)24(35)5-6-24/h11-14,18-19H,4-10,15H2,1-3H3,(H3,29,30,31,32,33,34);10-13,16-17H,3-9,14H2,1-2H3,(H3,29,30,31,32,33,34);10-13,20,35H,4-9H2,1-3H3,(H3,27,28,29,30,31,32);9-12,15,35H,3-8H2,1-2H3,(H3,27,28,29,30,31,32). The smallest absolute Gasteiger partial charge is 0.255 e. The van der Waals surface area contributed by atoms with Crippen LogP contribution < -0.4 is 42.5 Å². The Morgan fingerprint density at radius 2 is 0.704 bits per heavy atom. The number of ketones is 2. The lowest BCUT2D eigenvalue weighted by Crippen LogP contribution is -2.45. The topological polar surface area (TPSA) is 436 Å². The molecule has 4 saturated carbocycles. The first-order valence-corrected chi connectivity index (χ1v) is 50.5. The second-order valence-corrected chi connectivity index (χ2v) is 40.5. The molecule has 12 heterocycles. The van der Waals surface area contributed by atoms with Gasteiger partial charge in [0.25, 0.3) is 11.8 Å². The molecule has 1 atom stereocenters. The van der Waals surface area contributed by atoms with Crippen LogP contribution in [0.2, 0.25) is 20.1 Å². The lowest BCUT2D eigenvalue weighted by atomic mass is 9.85. The number of aliphatic hydroxyl groups is 2. The number of hydrogen-bond donors (Lipinski definition) is 14. The largest absolute Gasteiger partial charge is 0.380 e. The van der Waals surface area contributed by atoms with E-state index in [0.717, 1.165) is 163 Å². The van der Waals surface area contributed by atoms with E-state index in [1.165, 1.54) is 49.2 Å². The van der Waals surface area contributed by atoms with Crippen molar-refractivity contribution in [2.45, 2.75) is 238 Å².